The number of aromatic hydroxyl groups is 1. The van der Waals surface area contributed by atoms with Gasteiger partial charge in [-0.25, -0.2) is 4.98 Å². The normalized spacial score (nSPS) is 17.6. The second-order valence-corrected chi connectivity index (χ2v) is 8.71. The second kappa shape index (κ2) is 7.87. The Balaban J connectivity index is 1.74. The number of hydrogen-bond acceptors (Lipinski definition) is 6. The van der Waals surface area contributed by atoms with Crippen LogP contribution in [0.2, 0.25) is 0 Å². The van der Waals surface area contributed by atoms with Crippen LogP contribution in [0, 0.1) is 0 Å². The lowest BCUT2D eigenvalue weighted by atomic mass is 10.0. The van der Waals surface area contributed by atoms with E-state index in [4.69, 9.17) is 0 Å². The zero-order chi connectivity index (χ0) is 19.0. The molecule has 0 aliphatic carbocycles. The number of aryl methyl sites for hydroxylation is 1. The van der Waals surface area contributed by atoms with E-state index in [1.807, 2.05) is 6.92 Å². The lowest BCUT2D eigenvalue weighted by Crippen LogP contribution is -2.47. The third kappa shape index (κ3) is 3.63. The number of piperazine rings is 1. The fraction of sp³-hybridized carbons (Fsp3) is 0.474. The summed E-state index contributed by atoms with van der Waals surface area (Å²) < 4.78 is 2.65. The molecule has 1 aliphatic rings. The monoisotopic (exact) mass is 449 g/mol. The van der Waals surface area contributed by atoms with E-state index in [0.29, 0.717) is 0 Å². The minimum atomic E-state index is 0.00989. The van der Waals surface area contributed by atoms with Crippen molar-refractivity contribution in [2.45, 2.75) is 26.3 Å². The van der Waals surface area contributed by atoms with Crippen LogP contribution in [-0.4, -0.2) is 62.2 Å². The predicted octanol–water partition coefficient (Wildman–Crippen LogP) is 3.55. The lowest BCUT2D eigenvalue weighted by Gasteiger charge is -2.38. The van der Waals surface area contributed by atoms with Crippen molar-refractivity contribution in [2.24, 2.45) is 0 Å². The molecule has 1 N–H and O–H groups in total. The Hall–Kier alpha value is -1.48. The molecule has 3 heterocycles. The van der Waals surface area contributed by atoms with E-state index < -0.39 is 0 Å². The van der Waals surface area contributed by atoms with Crippen LogP contribution in [0.15, 0.2) is 28.7 Å². The summed E-state index contributed by atoms with van der Waals surface area (Å²) in [5, 5.41) is 15.4. The zero-order valence-corrected chi connectivity index (χ0v) is 18.0. The van der Waals surface area contributed by atoms with Gasteiger partial charge in [0.1, 0.15) is 0 Å². The molecule has 27 heavy (non-hydrogen) atoms. The van der Waals surface area contributed by atoms with Crippen molar-refractivity contribution in [2.75, 3.05) is 32.7 Å². The molecule has 3 aromatic rings. The van der Waals surface area contributed by atoms with Crippen molar-refractivity contribution in [3.63, 3.8) is 0 Å². The summed E-state index contributed by atoms with van der Waals surface area (Å²) in [6.45, 7) is 9.35. The summed E-state index contributed by atoms with van der Waals surface area (Å²) in [4.78, 5) is 11.1. The molecule has 0 spiro atoms. The SMILES string of the molecule is CCc1nc2sc([C@@H](c3ccc(Br)cc3)N3CCN(CC)CC3)c(O)n2n1. The molecule has 1 aliphatic heterocycles. The van der Waals surface area contributed by atoms with Gasteiger partial charge in [-0.2, -0.15) is 4.52 Å². The van der Waals surface area contributed by atoms with E-state index in [2.05, 4.69) is 67.0 Å². The van der Waals surface area contributed by atoms with Crippen LogP contribution in [0.3, 0.4) is 0 Å². The second-order valence-electron chi connectivity index (χ2n) is 6.79. The number of rotatable bonds is 5. The van der Waals surface area contributed by atoms with Crippen molar-refractivity contribution in [3.8, 4) is 5.88 Å². The largest absolute Gasteiger partial charge is 0.492 e. The molecule has 1 aromatic carbocycles. The lowest BCUT2D eigenvalue weighted by molar-refractivity contribution is 0.113. The van der Waals surface area contributed by atoms with Crippen LogP contribution < -0.4 is 0 Å². The Morgan fingerprint density at radius 2 is 1.85 bits per heavy atom. The number of hydrogen-bond donors (Lipinski definition) is 1. The number of thiazole rings is 1. The highest BCUT2D eigenvalue weighted by atomic mass is 79.9. The Labute approximate surface area is 171 Å². The summed E-state index contributed by atoms with van der Waals surface area (Å²) in [6, 6.07) is 8.40. The third-order valence-electron chi connectivity index (χ3n) is 5.21. The Bertz CT molecular complexity index is 914. The molecule has 0 bridgehead atoms. The first kappa shape index (κ1) is 18.9. The van der Waals surface area contributed by atoms with Crippen molar-refractivity contribution >= 4 is 32.2 Å². The Morgan fingerprint density at radius 1 is 1.15 bits per heavy atom. The molecule has 1 fully saturated rings. The van der Waals surface area contributed by atoms with Gasteiger partial charge in [0, 0.05) is 37.1 Å². The summed E-state index contributed by atoms with van der Waals surface area (Å²) in [5.41, 5.74) is 1.18. The van der Waals surface area contributed by atoms with Gasteiger partial charge >= 0.3 is 0 Å². The summed E-state index contributed by atoms with van der Waals surface area (Å²) in [6.07, 6.45) is 0.762. The quantitative estimate of drug-likeness (QED) is 0.645. The van der Waals surface area contributed by atoms with Crippen molar-refractivity contribution in [1.29, 1.82) is 0 Å². The minimum absolute atomic E-state index is 0.00989. The highest BCUT2D eigenvalue weighted by Gasteiger charge is 2.31. The van der Waals surface area contributed by atoms with Gasteiger partial charge in [-0.15, -0.1) is 5.10 Å². The van der Waals surface area contributed by atoms with Gasteiger partial charge in [0.15, 0.2) is 5.82 Å². The highest BCUT2D eigenvalue weighted by Crippen LogP contribution is 2.40. The minimum Gasteiger partial charge on any atom is -0.492 e. The molecule has 0 unspecified atom stereocenters. The van der Waals surface area contributed by atoms with Gasteiger partial charge in [0.2, 0.25) is 10.8 Å². The molecule has 8 heteroatoms. The number of aromatic nitrogens is 3. The van der Waals surface area contributed by atoms with Gasteiger partial charge in [0.25, 0.3) is 0 Å². The number of likely N-dealkylation sites (N-methyl/N-ethyl adjacent to an activating group) is 1. The first-order chi connectivity index (χ1) is 13.1. The van der Waals surface area contributed by atoms with E-state index in [9.17, 15) is 5.11 Å². The Kier molecular flexibility index (Phi) is 5.50. The fourth-order valence-corrected chi connectivity index (χ4v) is 5.03. The smallest absolute Gasteiger partial charge is 0.230 e. The summed E-state index contributed by atoms with van der Waals surface area (Å²) >= 11 is 5.06. The first-order valence-electron chi connectivity index (χ1n) is 9.39. The molecular formula is C19H24BrN5OS. The highest BCUT2D eigenvalue weighted by molar-refractivity contribution is 9.10. The van der Waals surface area contributed by atoms with Gasteiger partial charge in [-0.3, -0.25) is 4.90 Å². The van der Waals surface area contributed by atoms with Crippen molar-refractivity contribution < 1.29 is 5.11 Å². The van der Waals surface area contributed by atoms with Gasteiger partial charge < -0.3 is 10.0 Å². The standard InChI is InChI=1S/C19H24BrN5OS/c1-3-15-21-19-25(22-15)18(26)17(27-19)16(13-5-7-14(20)8-6-13)24-11-9-23(4-2)10-12-24/h5-8,16,26H,3-4,9-12H2,1-2H3/t16-/m1/s1. The van der Waals surface area contributed by atoms with E-state index in [0.717, 1.165) is 59.3 Å². The van der Waals surface area contributed by atoms with E-state index in [1.165, 1.54) is 16.9 Å². The average Bonchev–Trinajstić information content (AvgIpc) is 3.23. The zero-order valence-electron chi connectivity index (χ0n) is 15.6. The molecule has 1 saturated heterocycles. The first-order valence-corrected chi connectivity index (χ1v) is 11.0. The molecule has 0 saturated carbocycles. The molecule has 0 amide bonds. The number of fused-ring (bicyclic) bond motifs is 1. The van der Waals surface area contributed by atoms with Crippen LogP contribution in [0.25, 0.3) is 4.96 Å². The van der Waals surface area contributed by atoms with Gasteiger partial charge in [-0.05, 0) is 24.2 Å². The molecule has 6 nitrogen and oxygen atoms in total. The average molecular weight is 450 g/mol. The van der Waals surface area contributed by atoms with E-state index in [-0.39, 0.29) is 11.9 Å². The number of nitrogens with zero attached hydrogens (tertiary/aromatic N) is 5. The molecule has 2 aromatic heterocycles. The number of benzene rings is 1. The maximum atomic E-state index is 10.9. The fourth-order valence-electron chi connectivity index (χ4n) is 3.63. The van der Waals surface area contributed by atoms with Crippen LogP contribution in [-0.2, 0) is 6.42 Å². The van der Waals surface area contributed by atoms with E-state index >= 15 is 0 Å². The van der Waals surface area contributed by atoms with E-state index in [1.54, 1.807) is 4.52 Å². The molecule has 4 rings (SSSR count). The van der Waals surface area contributed by atoms with Crippen LogP contribution in [0.4, 0.5) is 0 Å². The molecular weight excluding hydrogens is 426 g/mol. The molecule has 1 atom stereocenters. The van der Waals surface area contributed by atoms with Gasteiger partial charge in [0.05, 0.1) is 10.9 Å². The van der Waals surface area contributed by atoms with Crippen molar-refractivity contribution in [3.05, 3.63) is 45.0 Å². The van der Waals surface area contributed by atoms with Crippen molar-refractivity contribution in [1.82, 2.24) is 24.4 Å². The van der Waals surface area contributed by atoms with Crippen LogP contribution >= 0.6 is 27.3 Å². The Morgan fingerprint density at radius 3 is 2.44 bits per heavy atom. The summed E-state index contributed by atoms with van der Waals surface area (Å²) in [7, 11) is 0. The van der Waals surface area contributed by atoms with Crippen LogP contribution in [0.1, 0.15) is 36.2 Å². The maximum absolute atomic E-state index is 10.9. The third-order valence-corrected chi connectivity index (χ3v) is 6.81. The van der Waals surface area contributed by atoms with Gasteiger partial charge in [-0.1, -0.05) is 53.2 Å². The molecule has 144 valence electrons. The number of halogens is 1. The predicted molar refractivity (Wildman–Crippen MR) is 112 cm³/mol. The summed E-state index contributed by atoms with van der Waals surface area (Å²) in [5.74, 6) is 0.980. The topological polar surface area (TPSA) is 56.9 Å². The van der Waals surface area contributed by atoms with Crippen LogP contribution in [0.5, 0.6) is 5.88 Å². The molecule has 0 radical (unpaired) electrons. The maximum Gasteiger partial charge on any atom is 0.230 e.